The summed E-state index contributed by atoms with van der Waals surface area (Å²) in [4.78, 5) is -1.94. The molecule has 0 fully saturated rings. The molecule has 1 nitrogen and oxygen atoms in total. The Morgan fingerprint density at radius 3 is 1.50 bits per heavy atom. The average Bonchev–Trinajstić information content (AvgIpc) is 0.839. The molecule has 0 spiro atoms. The molecule has 2 unspecified atom stereocenters. The molecule has 26 heavy (non-hydrogen) atoms. The fourth-order valence-electron chi connectivity index (χ4n) is 1.73. The third kappa shape index (κ3) is 6.24. The lowest BCUT2D eigenvalue weighted by Crippen LogP contribution is -2.21. The summed E-state index contributed by atoms with van der Waals surface area (Å²) in [6, 6.07) is 9.04. The number of aliphatic hydroxyl groups is 1. The molecular formula is C16H307BrF8O. The van der Waals surface area contributed by atoms with E-state index in [1.54, 1.807) is 0 Å². The molecule has 2 atom stereocenters. The molecule has 0 aromatic heterocycles. The van der Waals surface area contributed by atoms with Crippen molar-refractivity contribution in [2.24, 2.45) is 0 Å². The summed E-state index contributed by atoms with van der Waals surface area (Å²) >= 11 is 2.39. The zero-order chi connectivity index (χ0) is 314. The molecular weight excluding hydrogens is 440 g/mol. The zero-order valence-electron chi connectivity index (χ0n) is 307. The molecule has 2 aromatic rings. The fraction of sp³-hybridized carbons (Fsp3) is 0.250. The molecule has 0 saturated carbocycles. The van der Waals surface area contributed by atoms with Gasteiger partial charge in [-0.25, -0.2) is 8.78 Å². The molecule has 0 heterocycles. The standard InChI is InChI=1S/C8H5BrF4.C8H6F4O.148H2/c9-7(8(11,12)13)5-3-1-2-4-6(5)10;9-6-4-2-1-3-5(6)7(13)8(10,11)12;;;;;;;;;;;;;;;;;;;;;;;;;;;;;;;;;;;;;;;;;;;;;;;;;;;;;;;;;;;;;;;;;;;;;;;;;;;;;;;;;;;;;;;;;;;;;;;;;;;;;;;;;;;;;;;;;;;;;;;;;;;;;;;;;;;;;;;;;;;;;;;;;;;;/h1-4,7H;1-4,7,13H;148*1H/i;;147*1+1D;1+1. The van der Waals surface area contributed by atoms with Gasteiger partial charge in [0.2, 0.25) is 0 Å². The molecule has 0 radical (unpaired) electrons. The van der Waals surface area contributed by atoms with Gasteiger partial charge in [-0.15, -0.1) is 0 Å². The highest BCUT2D eigenvalue weighted by molar-refractivity contribution is 9.09. The molecule has 2 aromatic carbocycles. The second-order valence-electron chi connectivity index (χ2n) is 4.89. The minimum absolute atomic E-state index is 0. The van der Waals surface area contributed by atoms with E-state index in [2.05, 4.69) is 15.9 Å². The van der Waals surface area contributed by atoms with Crippen molar-refractivity contribution in [1.82, 2.24) is 0 Å². The predicted molar refractivity (Wildman–Crippen MR) is 394 cm³/mol. The lowest BCUT2D eigenvalue weighted by molar-refractivity contribution is -0.207. The highest BCUT2D eigenvalue weighted by Crippen LogP contribution is 2.40. The number of halogens is 9. The van der Waals surface area contributed by atoms with Crippen LogP contribution in [-0.2, 0) is 0 Å². The monoisotopic (exact) mass is 1050 g/mol. The Hall–Kier alpha value is -1.68. The van der Waals surface area contributed by atoms with Gasteiger partial charge in [-0.3, -0.25) is 0 Å². The van der Waals surface area contributed by atoms with Crippen molar-refractivity contribution in [3.8, 4) is 0 Å². The minimum atomic E-state index is -4.83. The Morgan fingerprint density at radius 1 is 0.769 bits per heavy atom. The van der Waals surface area contributed by atoms with Crippen LogP contribution >= 0.6 is 15.9 Å². The van der Waals surface area contributed by atoms with Crippen LogP contribution in [0.5, 0.6) is 0 Å². The van der Waals surface area contributed by atoms with E-state index in [1.807, 2.05) is 0 Å². The molecule has 440 valence electrons. The second-order valence-corrected chi connectivity index (χ2v) is 5.81. The third-order valence-electron chi connectivity index (χ3n) is 2.98. The maximum atomic E-state index is 12.8. The van der Waals surface area contributed by atoms with Crippen molar-refractivity contribution >= 4 is 15.9 Å². The molecule has 0 amide bonds. The summed E-state index contributed by atoms with van der Waals surface area (Å²) in [6.07, 6.45) is -12.1. The van der Waals surface area contributed by atoms with Gasteiger partial charge < -0.3 is 5.11 Å². The highest BCUT2D eigenvalue weighted by atomic mass is 79.9. The number of benzene rings is 2. The first kappa shape index (κ1) is 0.451. The van der Waals surface area contributed by atoms with Crippen LogP contribution < -0.4 is 0 Å². The van der Waals surface area contributed by atoms with Gasteiger partial charge in [-0.1, -0.05) is 52.3 Å². The first-order valence-corrected chi connectivity index (χ1v) is 7.71. The number of alkyl halides is 7. The Labute approximate surface area is 606 Å². The molecule has 0 aliphatic carbocycles. The Morgan fingerprint density at radius 2 is 1.15 bits per heavy atom. The van der Waals surface area contributed by atoms with Crippen molar-refractivity contribution < 1.29 is 478 Å². The van der Waals surface area contributed by atoms with E-state index >= 15 is 0 Å². The van der Waals surface area contributed by atoms with Crippen LogP contribution in [0.25, 0.3) is 0 Å². The van der Waals surface area contributed by atoms with E-state index in [0.29, 0.717) is 0 Å². The smallest absolute Gasteiger partial charge is 0.379 e. The van der Waals surface area contributed by atoms with Crippen molar-refractivity contribution in [3.63, 3.8) is 0 Å². The Bertz CT molecular complexity index is 783. The summed E-state index contributed by atoms with van der Waals surface area (Å²) in [6.45, 7) is 0. The van der Waals surface area contributed by atoms with Gasteiger partial charge in [-0.05, 0) is 12.1 Å². The summed E-state index contributed by atoms with van der Waals surface area (Å²) < 4.78 is 1570. The number of hydrogen-bond acceptors (Lipinski definition) is 1. The van der Waals surface area contributed by atoms with Gasteiger partial charge in [-0.2, -0.15) is 26.3 Å². The first-order valence-electron chi connectivity index (χ1n) is 154. The zero-order valence-corrected chi connectivity index (χ0v) is 14.2. The maximum absolute atomic E-state index is 12.8. The lowest BCUT2D eigenvalue weighted by Gasteiger charge is -2.14. The van der Waals surface area contributed by atoms with E-state index < -0.39 is 46.0 Å². The largest absolute Gasteiger partial charge is 0.418 e. The van der Waals surface area contributed by atoms with Crippen LogP contribution in [0.2, 0.25) is 0 Å². The SMILES string of the molecule is Fc1ccccc1C(Br)C(F)(F)F.OC(c1ccccc1F)C(F)(F)F.[2HH].[2H][2H].[2H][2H].[2H][2H].[2H][2H].[2H][2H].[2H][2H].[2H][2H].[2H][2H].[2H][2H].[2H][2H].[2H][2H].[2H][2H].[2H][2H].[2H][2H].[2H][2H].[2H][2H].[2H][2H].[2H][2H].[2H][2H].[2H][2H].[2H][2H].[2H][2H].[2H][2H].[2H][2H].[2H][2H].[2H][2H].[2H][2H].[2H][2H].[2H][2H].[2H][2H].[2H][2H].[2H][2H].[2H][2H].[2H][2H].[2H][2H].[2H][2H].[2H][2H].[2H][2H].[2H][2H].[2H][2H].[2H][2H].[2H][2H].[2H][2H].[2H][2H].[2H][2H].[2H][2H].[2H][2H].[2H][2H].[2H][2H].[2H][2H].[2H][2H].[2H][2H].[2H][2H].[2H][2H].[2H][2H].[2H][2H].[2H][2H].[2H][2H].[2H][2H].[2H][2H].[2H][2H].[2H][2H].[2H][2H].[2H][2H].[2H][2H].[2H][2H].[2H][2H].[2H][2H].[2H][2H].[2H][2H].[2H][2H].[2H][2H].[2H][2H].[2H][2H].[2H][2H].[2H][2H].[2H][2H].[2H][2H].[2H][2H].[2H][2H].[2H][2H].[2H][2H].[2H][2H].[2H][2H].[2H][2H].[2H][2H].[2H][2H].[2H][2H].[2H][2H].[2H][2H].[2H][2H].[2H][2H].[2H][2H].[2H][2H].[2H][2H].[2H][2H].[2H][2H].[2H][2H].[2H][2H].[2H][2H].[2H][2H].[2H][2H].[2H][2H].[2H][2H].[2H][2H].[2H][2H].[2H][2H].[2H][2H].[2H][2H].[2H][2H].[2H][2H].[2H][2H].[2H][2H].[2H][2H].[2H][2H].[2H][2H].[2H][2H].[2H][2H].[2H][2H].[2H][2H].[2H][2H].[2H][2H].[2H][2H].[2H][2H].[2H][2H].[2H][2H].[2H][2H].[2H][2H].[2H][2H].[2H][2H].[2H][2H].[2H][2H].[2H][2H].[2H][2H].[2H][2H].[2H][2H].[2H][2H].[2H][2H].[2H][2H].[2H][2H].[2H][2H].[2H][2H].[2H][2H].[2H][2H].[2H][2H].[2H][2H].[2H][2H]. The Kier molecular flexibility index (Phi) is 0.153. The quantitative estimate of drug-likeness (QED) is 0.235. The van der Waals surface area contributed by atoms with Gasteiger partial charge in [0.1, 0.15) is 16.5 Å². The molecule has 0 bridgehead atoms. The van der Waals surface area contributed by atoms with Gasteiger partial charge in [0.15, 0.2) is 6.10 Å². The first-order chi connectivity index (χ1) is 159. The number of aliphatic hydroxyl groups excluding tert-OH is 1. The highest BCUT2D eigenvalue weighted by Gasteiger charge is 2.41. The van der Waals surface area contributed by atoms with E-state index in [4.69, 9.17) is 442 Å². The van der Waals surface area contributed by atoms with E-state index in [1.165, 1.54) is 24.3 Å². The summed E-state index contributed by atoms with van der Waals surface area (Å²) in [5.41, 5.74) is -1.15. The topological polar surface area (TPSA) is 20.2 Å². The van der Waals surface area contributed by atoms with Crippen molar-refractivity contribution in [2.75, 3.05) is 0 Å². The van der Waals surface area contributed by atoms with Crippen LogP contribution in [0.15, 0.2) is 48.5 Å². The molecule has 0 aliphatic heterocycles. The van der Waals surface area contributed by atoms with Crippen LogP contribution in [0.4, 0.5) is 35.1 Å². The summed E-state index contributed by atoms with van der Waals surface area (Å²) in [5.74, 6) is -1.92. The third-order valence-corrected chi connectivity index (χ3v) is 3.99. The molecule has 10 heteroatoms. The molecule has 2 rings (SSSR count). The van der Waals surface area contributed by atoms with Crippen LogP contribution in [-0.4, -0.2) is 17.5 Å². The van der Waals surface area contributed by atoms with E-state index in [9.17, 15) is 35.1 Å². The van der Waals surface area contributed by atoms with E-state index in [-0.39, 0.29) is 1.43 Å². The fourth-order valence-corrected chi connectivity index (χ4v) is 2.10. The summed E-state index contributed by atoms with van der Waals surface area (Å²) in [5, 5.41) is 8.67. The molecule has 1 N–H and O–H groups in total. The van der Waals surface area contributed by atoms with Crippen LogP contribution in [0.1, 0.15) is 460 Å². The van der Waals surface area contributed by atoms with Gasteiger partial charge >= 0.3 is 12.4 Å². The van der Waals surface area contributed by atoms with Crippen molar-refractivity contribution in [2.45, 2.75) is 23.3 Å². The maximum Gasteiger partial charge on any atom is 0.418 e. The van der Waals surface area contributed by atoms with Crippen LogP contribution in [0.3, 0.4) is 0 Å². The number of rotatable bonds is 2. The number of hydrogen-bond donors (Lipinski definition) is 1. The summed E-state index contributed by atoms with van der Waals surface area (Å²) in [7, 11) is 0. The van der Waals surface area contributed by atoms with Gasteiger partial charge in [0.25, 0.3) is 0 Å². The second kappa shape index (κ2) is 8.81. The van der Waals surface area contributed by atoms with E-state index in [0.717, 1.165) is 24.3 Å². The minimum Gasteiger partial charge on any atom is -0.379 e. The Balaban J connectivity index is -0.00000000646. The van der Waals surface area contributed by atoms with Crippen LogP contribution in [0, 0.1) is 11.6 Å². The van der Waals surface area contributed by atoms with Gasteiger partial charge in [0.05, 0.1) is 0 Å². The lowest BCUT2D eigenvalue weighted by atomic mass is 10.1. The predicted octanol–water partition coefficient (Wildman–Crippen LogP) is 42.7. The average molecular weight is 1050 g/mol. The van der Waals surface area contributed by atoms with Crippen molar-refractivity contribution in [3.05, 3.63) is 71.3 Å². The van der Waals surface area contributed by atoms with Gasteiger partial charge in [0, 0.05) is 449 Å². The molecule has 0 aliphatic rings. The molecule has 0 saturated heterocycles. The van der Waals surface area contributed by atoms with Crippen molar-refractivity contribution in [1.29, 1.82) is 0 Å². The normalized spacial score (nSPS) is 59.5.